The molecule has 0 radical (unpaired) electrons. The van der Waals surface area contributed by atoms with Crippen LogP contribution in [0, 0.1) is 7.14 Å². The van der Waals surface area contributed by atoms with Gasteiger partial charge in [0, 0.05) is 30.7 Å². The van der Waals surface area contributed by atoms with Crippen molar-refractivity contribution in [2.45, 2.75) is 0 Å². The van der Waals surface area contributed by atoms with Crippen molar-refractivity contribution in [1.29, 1.82) is 0 Å². The van der Waals surface area contributed by atoms with Gasteiger partial charge in [0.15, 0.2) is 0 Å². The number of halogens is 4. The summed E-state index contributed by atoms with van der Waals surface area (Å²) in [5.41, 5.74) is 8.70. The molecule has 2 aromatic heterocycles. The van der Waals surface area contributed by atoms with Crippen LogP contribution < -0.4 is 0 Å². The molecular weight excluding hydrogens is 852 g/mol. The Morgan fingerprint density at radius 2 is 1.12 bits per heavy atom. The van der Waals surface area contributed by atoms with Crippen LogP contribution in [0.15, 0.2) is 78.4 Å². The highest BCUT2D eigenvalue weighted by Gasteiger charge is 2.20. The van der Waals surface area contributed by atoms with Gasteiger partial charge in [0.1, 0.15) is 0 Å². The normalized spacial score (nSPS) is 19.0. The number of aromatic nitrogens is 2. The van der Waals surface area contributed by atoms with Gasteiger partial charge in [-0.15, -0.1) is 0 Å². The van der Waals surface area contributed by atoms with E-state index >= 15 is 0 Å². The molecule has 0 saturated heterocycles. The van der Waals surface area contributed by atoms with Crippen molar-refractivity contribution in [2.75, 3.05) is 0 Å². The lowest BCUT2D eigenvalue weighted by Crippen LogP contribution is -2.12. The molecule has 6 rings (SSSR count). The molecule has 0 N–H and O–H groups in total. The van der Waals surface area contributed by atoms with Crippen LogP contribution in [0.1, 0.15) is 11.4 Å². The molecule has 0 aromatic carbocycles. The molecule has 32 heavy (non-hydrogen) atoms. The monoisotopic (exact) mass is 866 g/mol. The summed E-state index contributed by atoms with van der Waals surface area (Å²) in [6.07, 6.45) is 8.23. The van der Waals surface area contributed by atoms with E-state index < -0.39 is 0 Å². The molecule has 8 heteroatoms. The first-order chi connectivity index (χ1) is 15.9. The molecule has 2 aromatic rings. The van der Waals surface area contributed by atoms with Crippen LogP contribution in [0.2, 0.25) is 0 Å². The average molecular weight is 866 g/mol. The van der Waals surface area contributed by atoms with Gasteiger partial charge in [-0.1, -0.05) is 82.9 Å². The first kappa shape index (κ1) is 21.5. The molecule has 4 nitrogen and oxygen atoms in total. The zero-order chi connectivity index (χ0) is 21.3. The second-order valence-corrected chi connectivity index (χ2v) is 15.7. The van der Waals surface area contributed by atoms with Crippen LogP contribution in [0.5, 0.6) is 0 Å². The van der Waals surface area contributed by atoms with Crippen LogP contribution in [-0.2, 0) is 0 Å². The van der Waals surface area contributed by atoms with Crippen molar-refractivity contribution in [3.8, 4) is 0 Å². The Kier molecular flexibility index (Phi) is 6.53. The smallest absolute Gasteiger partial charge is 0.0955 e. The number of nitrogens with zero attached hydrogens (tertiary/aromatic N) is 4. The summed E-state index contributed by atoms with van der Waals surface area (Å²) in [6.45, 7) is 0. The van der Waals surface area contributed by atoms with Crippen LogP contribution in [-0.4, -0.2) is 37.4 Å². The first-order valence-corrected chi connectivity index (χ1v) is 19.2. The fourth-order valence-corrected chi connectivity index (χ4v) is 11.1. The highest BCUT2D eigenvalue weighted by atomic mass is 127. The zero-order valence-electron chi connectivity index (χ0n) is 16.4. The third kappa shape index (κ3) is 4.27. The minimum atomic E-state index is -0.211. The fourth-order valence-electron chi connectivity index (χ4n) is 3.36. The van der Waals surface area contributed by atoms with Crippen molar-refractivity contribution in [3.63, 3.8) is 0 Å². The van der Waals surface area contributed by atoms with E-state index in [1.165, 1.54) is 7.14 Å². The fraction of sp³-hybridized carbons (Fsp3) is 0. The number of hydrogen-bond acceptors (Lipinski definition) is 4. The number of aliphatic imine (C=N–C) groups is 2. The summed E-state index contributed by atoms with van der Waals surface area (Å²) in [5, 5.41) is 0. The molecular formula is C24H14I4N4. The molecule has 0 amide bonds. The molecule has 0 saturated carbocycles. The van der Waals surface area contributed by atoms with Crippen molar-refractivity contribution < 1.29 is 0 Å². The van der Waals surface area contributed by atoms with Crippen LogP contribution in [0.3, 0.4) is 0 Å². The lowest BCUT2D eigenvalue weighted by Gasteiger charge is -2.17. The number of rotatable bonds is 3. The quantitative estimate of drug-likeness (QED) is 0.357. The van der Waals surface area contributed by atoms with E-state index in [-0.39, 0.29) is 82.9 Å². The number of fused-ring (bicyclic) bond motifs is 2. The third-order valence-corrected chi connectivity index (χ3v) is 13.1. The van der Waals surface area contributed by atoms with E-state index in [1.807, 2.05) is 24.5 Å². The van der Waals surface area contributed by atoms with E-state index in [0.717, 1.165) is 45.4 Å². The van der Waals surface area contributed by atoms with Crippen molar-refractivity contribution >= 4 is 122 Å². The Labute approximate surface area is 225 Å². The van der Waals surface area contributed by atoms with E-state index in [1.54, 1.807) is 0 Å². The lowest BCUT2D eigenvalue weighted by atomic mass is 10.1. The summed E-state index contributed by atoms with van der Waals surface area (Å²) >= 11 is -0.620. The maximum atomic E-state index is 5.08. The predicted octanol–water partition coefficient (Wildman–Crippen LogP) is 5.99. The van der Waals surface area contributed by atoms with Crippen molar-refractivity contribution in [3.05, 3.63) is 86.9 Å². The Balaban J connectivity index is 1.35. The summed E-state index contributed by atoms with van der Waals surface area (Å²) in [7, 11) is 0. The Bertz CT molecular complexity index is 1350. The topological polar surface area (TPSA) is 50.5 Å². The lowest BCUT2D eigenvalue weighted by molar-refractivity contribution is 1.24. The van der Waals surface area contributed by atoms with Gasteiger partial charge in [-0.3, -0.25) is 9.97 Å². The zero-order valence-corrected chi connectivity index (χ0v) is 25.0. The number of hydrogen-bond donors (Lipinski definition) is 0. The summed E-state index contributed by atoms with van der Waals surface area (Å²) < 4.78 is 16.6. The second-order valence-electron chi connectivity index (χ2n) is 6.75. The standard InChI is InChI=1S/C24H14I4N4/c1-3-17-23(29-9-1)15(5-7-27-17)19-11-25-13-21(31-19)22-14-26-12-20(32-22)16-6-8-28-18-4-2-10-30-24(16)18/h1-14H. The Morgan fingerprint density at radius 3 is 1.62 bits per heavy atom. The third-order valence-electron chi connectivity index (χ3n) is 4.81. The van der Waals surface area contributed by atoms with E-state index in [9.17, 15) is 0 Å². The first-order valence-electron chi connectivity index (χ1n) is 9.60. The highest BCUT2D eigenvalue weighted by Crippen LogP contribution is 2.33. The molecule has 4 aliphatic heterocycles. The minimum Gasteiger partial charge on any atom is -0.255 e. The van der Waals surface area contributed by atoms with Crippen LogP contribution in [0.25, 0.3) is 11.1 Å². The SMILES string of the molecule is C1=IC=C(C2=CI=CC(C3=CC=Ic4cccnc43)=N2)N=C1C1=CC=Ic2cccnc21. The predicted molar refractivity (Wildman–Crippen MR) is 173 cm³/mol. The average Bonchev–Trinajstić information content (AvgIpc) is 2.88. The molecule has 0 aliphatic carbocycles. The number of pyridine rings is 2. The molecule has 6 heterocycles. The minimum absolute atomic E-state index is 0.0988. The van der Waals surface area contributed by atoms with E-state index in [4.69, 9.17) is 9.98 Å². The Morgan fingerprint density at radius 1 is 0.625 bits per heavy atom. The summed E-state index contributed by atoms with van der Waals surface area (Å²) in [6, 6.07) is 8.49. The van der Waals surface area contributed by atoms with Gasteiger partial charge in [-0.25, -0.2) is 9.98 Å². The van der Waals surface area contributed by atoms with Gasteiger partial charge in [-0.2, -0.15) is 0 Å². The summed E-state index contributed by atoms with van der Waals surface area (Å²) in [4.78, 5) is 19.5. The van der Waals surface area contributed by atoms with Crippen molar-refractivity contribution in [2.24, 2.45) is 9.98 Å². The van der Waals surface area contributed by atoms with E-state index in [2.05, 4.69) is 58.5 Å². The number of allylic oxidation sites excluding steroid dienone is 4. The maximum Gasteiger partial charge on any atom is 0.0955 e. The molecule has 0 bridgehead atoms. The largest absolute Gasteiger partial charge is 0.255 e. The molecule has 0 spiro atoms. The van der Waals surface area contributed by atoms with Crippen LogP contribution >= 0.6 is 82.9 Å². The molecule has 158 valence electrons. The van der Waals surface area contributed by atoms with Gasteiger partial charge in [0.25, 0.3) is 0 Å². The summed E-state index contributed by atoms with van der Waals surface area (Å²) in [5.74, 6) is 0. The molecule has 0 atom stereocenters. The molecule has 0 unspecified atom stereocenters. The van der Waals surface area contributed by atoms with Gasteiger partial charge in [-0.05, 0) is 60.6 Å². The van der Waals surface area contributed by atoms with Crippen LogP contribution in [0.4, 0.5) is 0 Å². The van der Waals surface area contributed by atoms with Gasteiger partial charge < -0.3 is 0 Å². The Hall–Kier alpha value is -1.00. The molecule has 0 fully saturated rings. The highest BCUT2D eigenvalue weighted by molar-refractivity contribution is 14.2. The van der Waals surface area contributed by atoms with Gasteiger partial charge in [0.05, 0.1) is 34.2 Å². The second kappa shape index (κ2) is 9.70. The molecule has 4 aliphatic rings. The maximum absolute atomic E-state index is 5.08. The van der Waals surface area contributed by atoms with Gasteiger partial charge >= 0.3 is 0 Å². The van der Waals surface area contributed by atoms with E-state index in [0.29, 0.717) is 0 Å². The van der Waals surface area contributed by atoms with Crippen molar-refractivity contribution in [1.82, 2.24) is 9.97 Å². The van der Waals surface area contributed by atoms with Gasteiger partial charge in [0.2, 0.25) is 0 Å².